The van der Waals surface area contributed by atoms with E-state index in [1.54, 1.807) is 11.8 Å². The third kappa shape index (κ3) is 6.70. The van der Waals surface area contributed by atoms with Gasteiger partial charge in [0.2, 0.25) is 0 Å². The van der Waals surface area contributed by atoms with Crippen molar-refractivity contribution in [2.75, 3.05) is 33.0 Å². The minimum atomic E-state index is -3.37. The summed E-state index contributed by atoms with van der Waals surface area (Å²) in [6, 6.07) is 0. The highest BCUT2D eigenvalue weighted by Crippen LogP contribution is 2.08. The average molecular weight is 270 g/mol. The molecule has 16 heavy (non-hydrogen) atoms. The van der Waals surface area contributed by atoms with Crippen LogP contribution in [-0.2, 0) is 10.2 Å². The Kier molecular flexibility index (Phi) is 8.39. The molecule has 1 unspecified atom stereocenters. The van der Waals surface area contributed by atoms with Gasteiger partial charge >= 0.3 is 0 Å². The average Bonchev–Trinajstić information content (AvgIpc) is 2.25. The van der Waals surface area contributed by atoms with Crippen molar-refractivity contribution in [1.82, 2.24) is 9.03 Å². The summed E-state index contributed by atoms with van der Waals surface area (Å²) in [5.41, 5.74) is 0. The number of nitrogens with zero attached hydrogens (tertiary/aromatic N) is 1. The Morgan fingerprint density at radius 2 is 2.12 bits per heavy atom. The minimum absolute atomic E-state index is 0.00334. The summed E-state index contributed by atoms with van der Waals surface area (Å²) in [6.45, 7) is 2.86. The standard InChI is InChI=1S/C9H22N2O3S2/c1-9(15-3)5-6-10-16(13,14)11(2)7-4-8-12/h9-10,12H,4-8H2,1-3H3. The molecule has 0 aliphatic rings. The lowest BCUT2D eigenvalue weighted by Crippen LogP contribution is -2.39. The maximum atomic E-state index is 11.6. The van der Waals surface area contributed by atoms with E-state index in [1.807, 2.05) is 6.26 Å². The maximum Gasteiger partial charge on any atom is 0.279 e. The lowest BCUT2D eigenvalue weighted by Gasteiger charge is -2.17. The fourth-order valence-electron chi connectivity index (χ4n) is 1.03. The number of rotatable bonds is 9. The number of nitrogens with one attached hydrogen (secondary N) is 1. The minimum Gasteiger partial charge on any atom is -0.396 e. The molecule has 0 amide bonds. The van der Waals surface area contributed by atoms with Gasteiger partial charge in [-0.3, -0.25) is 0 Å². The largest absolute Gasteiger partial charge is 0.396 e. The molecular weight excluding hydrogens is 248 g/mol. The predicted octanol–water partition coefficient (Wildman–Crippen LogP) is 0.277. The summed E-state index contributed by atoms with van der Waals surface area (Å²) >= 11 is 1.72. The van der Waals surface area contributed by atoms with Crippen LogP contribution in [0.1, 0.15) is 19.8 Å². The molecule has 98 valence electrons. The van der Waals surface area contributed by atoms with Gasteiger partial charge in [-0.2, -0.15) is 24.5 Å². The molecule has 0 spiro atoms. The molecule has 0 aromatic carbocycles. The summed E-state index contributed by atoms with van der Waals surface area (Å²) in [5, 5.41) is 9.07. The molecule has 0 heterocycles. The van der Waals surface area contributed by atoms with Crippen LogP contribution in [-0.4, -0.2) is 56.1 Å². The molecule has 0 rings (SSSR count). The van der Waals surface area contributed by atoms with Crippen molar-refractivity contribution in [2.24, 2.45) is 0 Å². The first-order valence-electron chi connectivity index (χ1n) is 5.28. The summed E-state index contributed by atoms with van der Waals surface area (Å²) in [4.78, 5) is 0. The van der Waals surface area contributed by atoms with Crippen LogP contribution in [0, 0.1) is 0 Å². The molecule has 0 aliphatic heterocycles. The highest BCUT2D eigenvalue weighted by Gasteiger charge is 2.16. The predicted molar refractivity (Wildman–Crippen MR) is 68.8 cm³/mol. The zero-order valence-corrected chi connectivity index (χ0v) is 11.8. The molecule has 0 radical (unpaired) electrons. The van der Waals surface area contributed by atoms with Gasteiger partial charge in [0, 0.05) is 32.0 Å². The van der Waals surface area contributed by atoms with Crippen molar-refractivity contribution >= 4 is 22.0 Å². The van der Waals surface area contributed by atoms with Crippen molar-refractivity contribution < 1.29 is 13.5 Å². The highest BCUT2D eigenvalue weighted by atomic mass is 32.2. The van der Waals surface area contributed by atoms with Crippen LogP contribution in [0.4, 0.5) is 0 Å². The van der Waals surface area contributed by atoms with Gasteiger partial charge in [-0.1, -0.05) is 6.92 Å². The fraction of sp³-hybridized carbons (Fsp3) is 1.00. The second-order valence-corrected chi connectivity index (χ2v) is 6.77. The van der Waals surface area contributed by atoms with Gasteiger partial charge in [0.1, 0.15) is 0 Å². The highest BCUT2D eigenvalue weighted by molar-refractivity contribution is 7.99. The van der Waals surface area contributed by atoms with Crippen LogP contribution in [0.2, 0.25) is 0 Å². The van der Waals surface area contributed by atoms with E-state index in [0.29, 0.717) is 24.8 Å². The van der Waals surface area contributed by atoms with Crippen molar-refractivity contribution in [2.45, 2.75) is 25.0 Å². The molecule has 0 aromatic heterocycles. The smallest absolute Gasteiger partial charge is 0.279 e. The van der Waals surface area contributed by atoms with Gasteiger partial charge in [-0.05, 0) is 19.1 Å². The van der Waals surface area contributed by atoms with E-state index in [1.165, 1.54) is 11.4 Å². The van der Waals surface area contributed by atoms with E-state index in [0.717, 1.165) is 6.42 Å². The van der Waals surface area contributed by atoms with Crippen LogP contribution in [0.5, 0.6) is 0 Å². The molecule has 0 saturated heterocycles. The first-order chi connectivity index (χ1) is 7.44. The summed E-state index contributed by atoms with van der Waals surface area (Å²) in [6.07, 6.45) is 3.28. The van der Waals surface area contributed by atoms with Gasteiger partial charge in [0.15, 0.2) is 0 Å². The van der Waals surface area contributed by atoms with Crippen molar-refractivity contribution in [3.05, 3.63) is 0 Å². The van der Waals surface area contributed by atoms with Crippen molar-refractivity contribution in [1.29, 1.82) is 0 Å². The van der Waals surface area contributed by atoms with Crippen molar-refractivity contribution in [3.63, 3.8) is 0 Å². The monoisotopic (exact) mass is 270 g/mol. The van der Waals surface area contributed by atoms with E-state index in [4.69, 9.17) is 5.11 Å². The third-order valence-electron chi connectivity index (χ3n) is 2.28. The normalized spacial score (nSPS) is 14.3. The molecule has 7 heteroatoms. The Morgan fingerprint density at radius 1 is 1.50 bits per heavy atom. The number of hydrogen-bond acceptors (Lipinski definition) is 4. The number of thioether (sulfide) groups is 1. The molecule has 1 atom stereocenters. The van der Waals surface area contributed by atoms with E-state index in [9.17, 15) is 8.42 Å². The van der Waals surface area contributed by atoms with E-state index < -0.39 is 10.2 Å². The Bertz CT molecular complexity index is 270. The van der Waals surface area contributed by atoms with Crippen LogP contribution in [0.25, 0.3) is 0 Å². The molecule has 0 bridgehead atoms. The molecule has 0 aliphatic carbocycles. The molecule has 0 aromatic rings. The summed E-state index contributed by atoms with van der Waals surface area (Å²) in [7, 11) is -1.86. The Balaban J connectivity index is 3.95. The Morgan fingerprint density at radius 3 is 2.62 bits per heavy atom. The first kappa shape index (κ1) is 16.2. The zero-order chi connectivity index (χ0) is 12.6. The lowest BCUT2D eigenvalue weighted by molar-refractivity contribution is 0.275. The molecular formula is C9H22N2O3S2. The van der Waals surface area contributed by atoms with Gasteiger partial charge < -0.3 is 5.11 Å². The molecule has 0 saturated carbocycles. The number of aliphatic hydroxyl groups excluding tert-OH is 1. The Hall–Kier alpha value is 0.180. The van der Waals surface area contributed by atoms with Gasteiger partial charge in [-0.15, -0.1) is 0 Å². The topological polar surface area (TPSA) is 69.6 Å². The maximum absolute atomic E-state index is 11.6. The molecule has 0 fully saturated rings. The summed E-state index contributed by atoms with van der Waals surface area (Å²) < 4.78 is 27.0. The number of aliphatic hydroxyl groups is 1. The van der Waals surface area contributed by atoms with Crippen LogP contribution in [0.3, 0.4) is 0 Å². The van der Waals surface area contributed by atoms with Crippen LogP contribution < -0.4 is 4.72 Å². The van der Waals surface area contributed by atoms with Gasteiger partial charge in [-0.25, -0.2) is 4.72 Å². The second kappa shape index (κ2) is 8.30. The molecule has 2 N–H and O–H groups in total. The third-order valence-corrected chi connectivity index (χ3v) is 4.89. The SMILES string of the molecule is CSC(C)CCNS(=O)(=O)N(C)CCCO. The van der Waals surface area contributed by atoms with Gasteiger partial charge in [0.25, 0.3) is 10.2 Å². The second-order valence-electron chi connectivity index (χ2n) is 3.63. The van der Waals surface area contributed by atoms with E-state index in [2.05, 4.69) is 11.6 Å². The molecule has 5 nitrogen and oxygen atoms in total. The quantitative estimate of drug-likeness (QED) is 0.631. The summed E-state index contributed by atoms with van der Waals surface area (Å²) in [5.74, 6) is 0. The van der Waals surface area contributed by atoms with Crippen molar-refractivity contribution in [3.8, 4) is 0 Å². The lowest BCUT2D eigenvalue weighted by atomic mass is 10.3. The Labute approximate surface area is 103 Å². The van der Waals surface area contributed by atoms with E-state index in [-0.39, 0.29) is 6.61 Å². The van der Waals surface area contributed by atoms with Crippen LogP contribution >= 0.6 is 11.8 Å². The van der Waals surface area contributed by atoms with E-state index >= 15 is 0 Å². The zero-order valence-electron chi connectivity index (χ0n) is 10.1. The van der Waals surface area contributed by atoms with Gasteiger partial charge in [0.05, 0.1) is 0 Å². The number of hydrogen-bond donors (Lipinski definition) is 2. The fourth-order valence-corrected chi connectivity index (χ4v) is 2.35. The first-order valence-corrected chi connectivity index (χ1v) is 8.01. The van der Waals surface area contributed by atoms with Crippen LogP contribution in [0.15, 0.2) is 0 Å².